The van der Waals surface area contributed by atoms with E-state index in [1.807, 2.05) is 35.2 Å². The number of rotatable bonds is 5. The van der Waals surface area contributed by atoms with Crippen LogP contribution in [0.4, 0.5) is 0 Å². The van der Waals surface area contributed by atoms with Crippen molar-refractivity contribution in [3.05, 3.63) is 53.2 Å². The molecule has 0 atom stereocenters. The number of hydrogen-bond donors (Lipinski definition) is 0. The van der Waals surface area contributed by atoms with Gasteiger partial charge in [-0.2, -0.15) is 10.2 Å². The number of nitrogens with zero attached hydrogens (tertiary/aromatic N) is 6. The highest BCUT2D eigenvalue weighted by Gasteiger charge is 2.14. The monoisotopic (exact) mass is 380 g/mol. The Kier molecular flexibility index (Phi) is 4.51. The SMILES string of the molecule is Cn1c(SCc2noc(-c3cccc(C#N)c3)n2)nnc1-c1cccs1. The molecule has 0 amide bonds. The molecule has 4 rings (SSSR count). The van der Waals surface area contributed by atoms with Gasteiger partial charge in [0.1, 0.15) is 0 Å². The van der Waals surface area contributed by atoms with Gasteiger partial charge in [-0.15, -0.1) is 21.5 Å². The van der Waals surface area contributed by atoms with Gasteiger partial charge in [0.2, 0.25) is 0 Å². The summed E-state index contributed by atoms with van der Waals surface area (Å²) in [7, 11) is 1.94. The first-order valence-electron chi connectivity index (χ1n) is 7.64. The second kappa shape index (κ2) is 7.11. The first-order chi connectivity index (χ1) is 12.7. The minimum absolute atomic E-state index is 0.398. The third-order valence-corrected chi connectivity index (χ3v) is 5.50. The molecule has 7 nitrogen and oxygen atoms in total. The summed E-state index contributed by atoms with van der Waals surface area (Å²) in [6.07, 6.45) is 0. The Bertz CT molecular complexity index is 1080. The van der Waals surface area contributed by atoms with Crippen molar-refractivity contribution in [2.24, 2.45) is 7.05 Å². The predicted octanol–water partition coefficient (Wildman–Crippen LogP) is 3.76. The maximum Gasteiger partial charge on any atom is 0.257 e. The van der Waals surface area contributed by atoms with Gasteiger partial charge in [-0.1, -0.05) is 29.1 Å². The summed E-state index contributed by atoms with van der Waals surface area (Å²) in [4.78, 5) is 5.47. The predicted molar refractivity (Wildman–Crippen MR) is 98.3 cm³/mol. The van der Waals surface area contributed by atoms with Crippen LogP contribution in [-0.4, -0.2) is 24.9 Å². The van der Waals surface area contributed by atoms with E-state index in [4.69, 9.17) is 9.78 Å². The molecule has 0 aliphatic rings. The van der Waals surface area contributed by atoms with Crippen molar-refractivity contribution in [1.82, 2.24) is 24.9 Å². The van der Waals surface area contributed by atoms with Gasteiger partial charge in [0.05, 0.1) is 22.3 Å². The Hall–Kier alpha value is -2.96. The Labute approximate surface area is 157 Å². The zero-order valence-electron chi connectivity index (χ0n) is 13.7. The smallest absolute Gasteiger partial charge is 0.257 e. The molecule has 4 aromatic rings. The molecule has 26 heavy (non-hydrogen) atoms. The van der Waals surface area contributed by atoms with Crippen LogP contribution in [0.2, 0.25) is 0 Å². The number of hydrogen-bond acceptors (Lipinski definition) is 8. The Morgan fingerprint density at radius 2 is 2.19 bits per heavy atom. The van der Waals surface area contributed by atoms with Gasteiger partial charge in [0.25, 0.3) is 5.89 Å². The number of nitriles is 1. The van der Waals surface area contributed by atoms with Gasteiger partial charge in [-0.3, -0.25) is 0 Å². The number of thioether (sulfide) groups is 1. The highest BCUT2D eigenvalue weighted by atomic mass is 32.2. The highest BCUT2D eigenvalue weighted by molar-refractivity contribution is 7.98. The molecule has 3 heterocycles. The minimum Gasteiger partial charge on any atom is -0.334 e. The molecule has 9 heteroatoms. The molecule has 0 bridgehead atoms. The molecular formula is C17H12N6OS2. The normalized spacial score (nSPS) is 10.8. The molecule has 0 aliphatic carbocycles. The highest BCUT2D eigenvalue weighted by Crippen LogP contribution is 2.27. The molecule has 0 saturated carbocycles. The van der Waals surface area contributed by atoms with Gasteiger partial charge in [-0.05, 0) is 29.6 Å². The lowest BCUT2D eigenvalue weighted by Gasteiger charge is -2.00. The van der Waals surface area contributed by atoms with Crippen LogP contribution in [0.5, 0.6) is 0 Å². The zero-order valence-corrected chi connectivity index (χ0v) is 15.3. The van der Waals surface area contributed by atoms with Crippen molar-refractivity contribution in [2.75, 3.05) is 0 Å². The van der Waals surface area contributed by atoms with Crippen LogP contribution < -0.4 is 0 Å². The Morgan fingerprint density at radius 1 is 1.27 bits per heavy atom. The Balaban J connectivity index is 1.48. The minimum atomic E-state index is 0.398. The van der Waals surface area contributed by atoms with Crippen LogP contribution in [-0.2, 0) is 12.8 Å². The second-order valence-corrected chi connectivity index (χ2v) is 7.23. The maximum absolute atomic E-state index is 8.99. The lowest BCUT2D eigenvalue weighted by Crippen LogP contribution is -1.94. The first-order valence-corrected chi connectivity index (χ1v) is 9.50. The summed E-state index contributed by atoms with van der Waals surface area (Å²) in [5.74, 6) is 2.31. The van der Waals surface area contributed by atoms with E-state index < -0.39 is 0 Å². The quantitative estimate of drug-likeness (QED) is 0.487. The van der Waals surface area contributed by atoms with Crippen molar-refractivity contribution in [3.8, 4) is 28.2 Å². The van der Waals surface area contributed by atoms with Gasteiger partial charge < -0.3 is 9.09 Å². The largest absolute Gasteiger partial charge is 0.334 e. The fraction of sp³-hybridized carbons (Fsp3) is 0.118. The molecule has 0 aliphatic heterocycles. The lowest BCUT2D eigenvalue weighted by atomic mass is 10.1. The van der Waals surface area contributed by atoms with Crippen molar-refractivity contribution in [2.45, 2.75) is 10.9 Å². The van der Waals surface area contributed by atoms with E-state index in [2.05, 4.69) is 26.4 Å². The summed E-state index contributed by atoms with van der Waals surface area (Å²) in [5, 5.41) is 24.3. The average Bonchev–Trinajstić information content (AvgIpc) is 3.41. The van der Waals surface area contributed by atoms with Crippen LogP contribution in [0.1, 0.15) is 11.4 Å². The topological polar surface area (TPSA) is 93.4 Å². The fourth-order valence-corrected chi connectivity index (χ4v) is 3.84. The molecular weight excluding hydrogens is 368 g/mol. The number of thiophene rings is 1. The van der Waals surface area contributed by atoms with Crippen LogP contribution in [0.25, 0.3) is 22.2 Å². The van der Waals surface area contributed by atoms with Gasteiger partial charge >= 0.3 is 0 Å². The molecule has 1 aromatic carbocycles. The number of benzene rings is 1. The van der Waals surface area contributed by atoms with Crippen LogP contribution in [0.3, 0.4) is 0 Å². The van der Waals surface area contributed by atoms with Crippen molar-refractivity contribution < 1.29 is 4.52 Å². The van der Waals surface area contributed by atoms with Crippen LogP contribution in [0, 0.1) is 11.3 Å². The molecule has 0 N–H and O–H groups in total. The molecule has 0 unspecified atom stereocenters. The molecule has 3 aromatic heterocycles. The summed E-state index contributed by atoms with van der Waals surface area (Å²) in [6, 6.07) is 13.2. The summed E-state index contributed by atoms with van der Waals surface area (Å²) in [5.41, 5.74) is 1.28. The van der Waals surface area contributed by atoms with E-state index in [0.717, 1.165) is 21.4 Å². The van der Waals surface area contributed by atoms with E-state index in [-0.39, 0.29) is 0 Å². The lowest BCUT2D eigenvalue weighted by molar-refractivity contribution is 0.425. The van der Waals surface area contributed by atoms with Crippen molar-refractivity contribution in [1.29, 1.82) is 5.26 Å². The van der Waals surface area contributed by atoms with Crippen molar-refractivity contribution >= 4 is 23.1 Å². The standard InChI is InChI=1S/C17H12N6OS2/c1-23-15(13-6-3-7-25-13)20-21-17(23)26-10-14-19-16(24-22-14)12-5-2-4-11(8-12)9-18/h2-8H,10H2,1H3. The fourth-order valence-electron chi connectivity index (χ4n) is 2.34. The third-order valence-electron chi connectivity index (χ3n) is 3.61. The van der Waals surface area contributed by atoms with E-state index in [1.54, 1.807) is 29.5 Å². The van der Waals surface area contributed by atoms with E-state index in [1.165, 1.54) is 11.8 Å². The van der Waals surface area contributed by atoms with Gasteiger partial charge in [0.15, 0.2) is 16.8 Å². The summed E-state index contributed by atoms with van der Waals surface area (Å²) in [6.45, 7) is 0. The summed E-state index contributed by atoms with van der Waals surface area (Å²) < 4.78 is 7.26. The van der Waals surface area contributed by atoms with E-state index in [0.29, 0.717) is 23.0 Å². The third kappa shape index (κ3) is 3.24. The molecule has 0 spiro atoms. The van der Waals surface area contributed by atoms with Crippen LogP contribution in [0.15, 0.2) is 51.5 Å². The summed E-state index contributed by atoms with van der Waals surface area (Å²) >= 11 is 3.12. The van der Waals surface area contributed by atoms with E-state index >= 15 is 0 Å². The van der Waals surface area contributed by atoms with Gasteiger partial charge in [0, 0.05) is 12.6 Å². The molecule has 0 saturated heterocycles. The van der Waals surface area contributed by atoms with Crippen LogP contribution >= 0.6 is 23.1 Å². The molecule has 128 valence electrons. The zero-order chi connectivity index (χ0) is 17.9. The van der Waals surface area contributed by atoms with Crippen molar-refractivity contribution in [3.63, 3.8) is 0 Å². The second-order valence-electron chi connectivity index (χ2n) is 5.34. The maximum atomic E-state index is 8.99. The first kappa shape index (κ1) is 16.5. The average molecular weight is 380 g/mol. The molecule has 0 radical (unpaired) electrons. The van der Waals surface area contributed by atoms with Gasteiger partial charge in [-0.25, -0.2) is 0 Å². The van der Waals surface area contributed by atoms with E-state index in [9.17, 15) is 0 Å². The number of aromatic nitrogens is 5. The molecule has 0 fully saturated rings. The Morgan fingerprint density at radius 3 is 3.00 bits per heavy atom.